The number of likely N-dealkylation sites (tertiary alicyclic amines) is 1. The summed E-state index contributed by atoms with van der Waals surface area (Å²) < 4.78 is 0. The van der Waals surface area contributed by atoms with Gasteiger partial charge in [-0.3, -0.25) is 9.59 Å². The highest BCUT2D eigenvalue weighted by Crippen LogP contribution is 2.18. The molecule has 5 nitrogen and oxygen atoms in total. The lowest BCUT2D eigenvalue weighted by molar-refractivity contribution is -0.135. The Bertz CT molecular complexity index is 305. The third kappa shape index (κ3) is 5.59. The third-order valence-electron chi connectivity index (χ3n) is 3.51. The van der Waals surface area contributed by atoms with Crippen molar-refractivity contribution in [2.45, 2.75) is 52.0 Å². The van der Waals surface area contributed by atoms with Gasteiger partial charge < -0.3 is 16.0 Å². The summed E-state index contributed by atoms with van der Waals surface area (Å²) in [5.41, 5.74) is 5.67. The average molecular weight is 269 g/mol. The van der Waals surface area contributed by atoms with Crippen LogP contribution >= 0.6 is 0 Å². The van der Waals surface area contributed by atoms with Crippen molar-refractivity contribution in [2.24, 2.45) is 11.7 Å². The Morgan fingerprint density at radius 2 is 2.21 bits per heavy atom. The van der Waals surface area contributed by atoms with Gasteiger partial charge in [-0.25, -0.2) is 0 Å². The maximum Gasteiger partial charge on any atom is 0.224 e. The zero-order valence-electron chi connectivity index (χ0n) is 12.2. The molecule has 5 heteroatoms. The molecule has 2 amide bonds. The first-order valence-corrected chi connectivity index (χ1v) is 7.35. The molecule has 0 bridgehead atoms. The minimum Gasteiger partial charge on any atom is -0.356 e. The molecule has 1 heterocycles. The number of rotatable bonds is 6. The lowest BCUT2D eigenvalue weighted by Crippen LogP contribution is -2.45. The summed E-state index contributed by atoms with van der Waals surface area (Å²) in [6.07, 6.45) is 3.93. The molecule has 1 rings (SSSR count). The zero-order valence-corrected chi connectivity index (χ0v) is 12.2. The van der Waals surface area contributed by atoms with Crippen molar-refractivity contribution >= 4 is 11.8 Å². The van der Waals surface area contributed by atoms with Crippen molar-refractivity contribution in [2.75, 3.05) is 19.6 Å². The van der Waals surface area contributed by atoms with Crippen molar-refractivity contribution in [3.63, 3.8) is 0 Å². The predicted octanol–water partition coefficient (Wildman–Crippen LogP) is 0.879. The van der Waals surface area contributed by atoms with E-state index in [4.69, 9.17) is 5.73 Å². The second kappa shape index (κ2) is 8.15. The summed E-state index contributed by atoms with van der Waals surface area (Å²) >= 11 is 0. The average Bonchev–Trinajstić information content (AvgIpc) is 2.42. The van der Waals surface area contributed by atoms with Crippen molar-refractivity contribution < 1.29 is 9.59 Å². The maximum atomic E-state index is 12.0. The van der Waals surface area contributed by atoms with Crippen molar-refractivity contribution in [1.29, 1.82) is 0 Å². The number of nitrogens with zero attached hydrogens (tertiary/aromatic N) is 1. The lowest BCUT2D eigenvalue weighted by Gasteiger charge is -2.32. The fraction of sp³-hybridized carbons (Fsp3) is 0.857. The van der Waals surface area contributed by atoms with Crippen LogP contribution in [0.1, 0.15) is 46.0 Å². The van der Waals surface area contributed by atoms with E-state index in [1.165, 1.54) is 0 Å². The molecule has 110 valence electrons. The number of hydrogen-bond donors (Lipinski definition) is 2. The molecule has 2 unspecified atom stereocenters. The highest BCUT2D eigenvalue weighted by Gasteiger charge is 2.27. The molecule has 1 aliphatic rings. The molecule has 0 saturated carbocycles. The van der Waals surface area contributed by atoms with Gasteiger partial charge in [-0.1, -0.05) is 6.92 Å². The van der Waals surface area contributed by atoms with E-state index in [0.717, 1.165) is 25.8 Å². The van der Waals surface area contributed by atoms with E-state index in [-0.39, 0.29) is 23.8 Å². The minimum absolute atomic E-state index is 0.0421. The molecule has 1 fully saturated rings. The first-order chi connectivity index (χ1) is 9.04. The van der Waals surface area contributed by atoms with E-state index in [9.17, 15) is 9.59 Å². The van der Waals surface area contributed by atoms with Crippen LogP contribution in [0.15, 0.2) is 0 Å². The fourth-order valence-corrected chi connectivity index (χ4v) is 2.32. The van der Waals surface area contributed by atoms with Gasteiger partial charge in [0.1, 0.15) is 0 Å². The van der Waals surface area contributed by atoms with E-state index in [1.807, 2.05) is 18.7 Å². The Labute approximate surface area is 115 Å². The van der Waals surface area contributed by atoms with Crippen molar-refractivity contribution in [3.05, 3.63) is 0 Å². The molecule has 2 atom stereocenters. The lowest BCUT2D eigenvalue weighted by atomic mass is 9.96. The second-order valence-electron chi connectivity index (χ2n) is 5.49. The van der Waals surface area contributed by atoms with Crippen molar-refractivity contribution in [1.82, 2.24) is 10.2 Å². The van der Waals surface area contributed by atoms with E-state index < -0.39 is 0 Å². The molecule has 0 aliphatic carbocycles. The van der Waals surface area contributed by atoms with E-state index in [2.05, 4.69) is 5.32 Å². The Morgan fingerprint density at radius 3 is 2.84 bits per heavy atom. The molecule has 3 N–H and O–H groups in total. The van der Waals surface area contributed by atoms with Crippen LogP contribution in [-0.2, 0) is 9.59 Å². The number of nitrogens with one attached hydrogen (secondary N) is 1. The summed E-state index contributed by atoms with van der Waals surface area (Å²) in [6, 6.07) is 0.0531. The van der Waals surface area contributed by atoms with Crippen LogP contribution in [0.3, 0.4) is 0 Å². The molecule has 0 aromatic rings. The molecule has 1 saturated heterocycles. The number of hydrogen-bond acceptors (Lipinski definition) is 3. The van der Waals surface area contributed by atoms with Gasteiger partial charge in [0.15, 0.2) is 0 Å². The predicted molar refractivity (Wildman–Crippen MR) is 75.5 cm³/mol. The smallest absolute Gasteiger partial charge is 0.224 e. The van der Waals surface area contributed by atoms with Gasteiger partial charge in [0, 0.05) is 32.1 Å². The zero-order chi connectivity index (χ0) is 14.3. The monoisotopic (exact) mass is 269 g/mol. The van der Waals surface area contributed by atoms with Gasteiger partial charge >= 0.3 is 0 Å². The van der Waals surface area contributed by atoms with Crippen LogP contribution in [0.2, 0.25) is 0 Å². The molecule has 1 aliphatic heterocycles. The molecular weight excluding hydrogens is 242 g/mol. The molecule has 0 spiro atoms. The van der Waals surface area contributed by atoms with E-state index in [0.29, 0.717) is 25.9 Å². The standard InChI is InChI=1S/C14H27N3O2/c1-3-8-16-14(19)12-5-4-9-17(10-12)13(18)7-6-11(2)15/h11-12H,3-10,15H2,1-2H3,(H,16,19). The normalized spacial score (nSPS) is 21.0. The van der Waals surface area contributed by atoms with Crippen LogP contribution < -0.4 is 11.1 Å². The van der Waals surface area contributed by atoms with Gasteiger partial charge in [-0.05, 0) is 32.6 Å². The Kier molecular flexibility index (Phi) is 6.84. The highest BCUT2D eigenvalue weighted by atomic mass is 16.2. The Balaban J connectivity index is 2.40. The van der Waals surface area contributed by atoms with Gasteiger partial charge in [0.25, 0.3) is 0 Å². The van der Waals surface area contributed by atoms with Crippen LogP contribution in [0.25, 0.3) is 0 Å². The summed E-state index contributed by atoms with van der Waals surface area (Å²) in [7, 11) is 0. The molecule has 0 aromatic heterocycles. The van der Waals surface area contributed by atoms with Gasteiger partial charge in [-0.2, -0.15) is 0 Å². The molecular formula is C14H27N3O2. The summed E-state index contributed by atoms with van der Waals surface area (Å²) in [5, 5.41) is 2.91. The topological polar surface area (TPSA) is 75.4 Å². The number of nitrogens with two attached hydrogens (primary N) is 1. The maximum absolute atomic E-state index is 12.0. The summed E-state index contributed by atoms with van der Waals surface area (Å²) in [5.74, 6) is 0.177. The van der Waals surface area contributed by atoms with Gasteiger partial charge in [-0.15, -0.1) is 0 Å². The van der Waals surface area contributed by atoms with Crippen LogP contribution in [0.4, 0.5) is 0 Å². The fourth-order valence-electron chi connectivity index (χ4n) is 2.32. The van der Waals surface area contributed by atoms with E-state index >= 15 is 0 Å². The van der Waals surface area contributed by atoms with Crippen LogP contribution in [-0.4, -0.2) is 42.4 Å². The minimum atomic E-state index is -0.0421. The second-order valence-corrected chi connectivity index (χ2v) is 5.49. The van der Waals surface area contributed by atoms with Gasteiger partial charge in [0.2, 0.25) is 11.8 Å². The van der Waals surface area contributed by atoms with Gasteiger partial charge in [0.05, 0.1) is 5.92 Å². The third-order valence-corrected chi connectivity index (χ3v) is 3.51. The summed E-state index contributed by atoms with van der Waals surface area (Å²) in [4.78, 5) is 25.8. The molecule has 0 radical (unpaired) electrons. The molecule has 0 aromatic carbocycles. The Hall–Kier alpha value is -1.10. The first kappa shape index (κ1) is 16.0. The van der Waals surface area contributed by atoms with Crippen LogP contribution in [0.5, 0.6) is 0 Å². The number of amides is 2. The van der Waals surface area contributed by atoms with E-state index in [1.54, 1.807) is 0 Å². The largest absolute Gasteiger partial charge is 0.356 e. The van der Waals surface area contributed by atoms with Crippen LogP contribution in [0, 0.1) is 5.92 Å². The summed E-state index contributed by atoms with van der Waals surface area (Å²) in [6.45, 7) is 5.99. The quantitative estimate of drug-likeness (QED) is 0.751. The SMILES string of the molecule is CCCNC(=O)C1CCCN(C(=O)CCC(C)N)C1. The number of carbonyl (C=O) groups excluding carboxylic acids is 2. The number of piperidine rings is 1. The number of carbonyl (C=O) groups is 2. The first-order valence-electron chi connectivity index (χ1n) is 7.35. The highest BCUT2D eigenvalue weighted by molar-refractivity contribution is 5.81. The molecule has 19 heavy (non-hydrogen) atoms. The Morgan fingerprint density at radius 1 is 1.47 bits per heavy atom. The van der Waals surface area contributed by atoms with Crippen molar-refractivity contribution in [3.8, 4) is 0 Å².